The highest BCUT2D eigenvalue weighted by molar-refractivity contribution is 5.89. The van der Waals surface area contributed by atoms with E-state index in [1.165, 1.54) is 19.3 Å². The molecule has 3 nitrogen and oxygen atoms in total. The number of nitrogens with zero attached hydrogens (tertiary/aromatic N) is 1. The lowest BCUT2D eigenvalue weighted by atomic mass is 9.95. The molecule has 2 fully saturated rings. The molecule has 1 saturated heterocycles. The van der Waals surface area contributed by atoms with Crippen molar-refractivity contribution in [1.29, 1.82) is 0 Å². The van der Waals surface area contributed by atoms with Gasteiger partial charge in [0.1, 0.15) is 0 Å². The predicted molar refractivity (Wildman–Crippen MR) is 78.8 cm³/mol. The largest absolute Gasteiger partial charge is 0.323 e. The summed E-state index contributed by atoms with van der Waals surface area (Å²) < 4.78 is 0. The molecule has 1 amide bonds. The molecule has 3 unspecified atom stereocenters. The van der Waals surface area contributed by atoms with Crippen LogP contribution in [0.4, 0.5) is 0 Å². The van der Waals surface area contributed by atoms with E-state index in [-0.39, 0.29) is 11.7 Å². The molecular formula is C16H30N2O. The molecule has 110 valence electrons. The summed E-state index contributed by atoms with van der Waals surface area (Å²) in [5, 5.41) is 3.66. The van der Waals surface area contributed by atoms with Gasteiger partial charge in [0, 0.05) is 6.04 Å². The average molecular weight is 266 g/mol. The molecule has 0 bridgehead atoms. The summed E-state index contributed by atoms with van der Waals surface area (Å²) in [6.45, 7) is 8.93. The van der Waals surface area contributed by atoms with Crippen molar-refractivity contribution >= 4 is 5.91 Å². The summed E-state index contributed by atoms with van der Waals surface area (Å²) in [7, 11) is 0. The van der Waals surface area contributed by atoms with Crippen molar-refractivity contribution in [2.75, 3.05) is 0 Å². The number of amides is 1. The summed E-state index contributed by atoms with van der Waals surface area (Å²) in [6, 6.07) is 0.361. The smallest absolute Gasteiger partial charge is 0.244 e. The quantitative estimate of drug-likeness (QED) is 0.828. The Morgan fingerprint density at radius 2 is 1.95 bits per heavy atom. The second-order valence-electron chi connectivity index (χ2n) is 6.67. The van der Waals surface area contributed by atoms with Gasteiger partial charge in [-0.25, -0.2) is 0 Å². The average Bonchev–Trinajstić information content (AvgIpc) is 2.97. The zero-order valence-corrected chi connectivity index (χ0v) is 13.0. The van der Waals surface area contributed by atoms with E-state index in [0.717, 1.165) is 25.7 Å². The number of nitrogens with one attached hydrogen (secondary N) is 1. The van der Waals surface area contributed by atoms with Crippen molar-refractivity contribution in [2.24, 2.45) is 5.92 Å². The Kier molecular flexibility index (Phi) is 4.54. The number of carbonyl (C=O) groups excluding carboxylic acids is 1. The van der Waals surface area contributed by atoms with E-state index in [1.54, 1.807) is 0 Å². The van der Waals surface area contributed by atoms with Gasteiger partial charge in [-0.2, -0.15) is 0 Å². The standard InChI is InChI=1S/C16H30N2O/c1-5-12(3)11-13(4)18-14(6-2)17-16(15(18)19)9-7-8-10-16/h12-14,17H,5-11H2,1-4H3. The highest BCUT2D eigenvalue weighted by Crippen LogP contribution is 2.38. The molecule has 0 aromatic heterocycles. The highest BCUT2D eigenvalue weighted by Gasteiger charge is 2.52. The maximum atomic E-state index is 12.9. The second kappa shape index (κ2) is 5.82. The molecule has 3 heteroatoms. The lowest BCUT2D eigenvalue weighted by Crippen LogP contribution is -2.45. The van der Waals surface area contributed by atoms with Crippen LogP contribution in [0.1, 0.15) is 72.6 Å². The van der Waals surface area contributed by atoms with Gasteiger partial charge in [0.15, 0.2) is 0 Å². The van der Waals surface area contributed by atoms with Gasteiger partial charge in [0.2, 0.25) is 5.91 Å². The fourth-order valence-electron chi connectivity index (χ4n) is 3.84. The number of hydrogen-bond donors (Lipinski definition) is 1. The molecule has 1 aliphatic carbocycles. The minimum atomic E-state index is -0.204. The zero-order chi connectivity index (χ0) is 14.0. The number of rotatable bonds is 5. The zero-order valence-electron chi connectivity index (χ0n) is 13.0. The van der Waals surface area contributed by atoms with Crippen LogP contribution in [0.25, 0.3) is 0 Å². The van der Waals surface area contributed by atoms with Crippen LogP contribution in [0, 0.1) is 5.92 Å². The van der Waals surface area contributed by atoms with Crippen LogP contribution in [0.3, 0.4) is 0 Å². The first-order chi connectivity index (χ1) is 9.04. The van der Waals surface area contributed by atoms with Crippen molar-refractivity contribution in [3.63, 3.8) is 0 Å². The van der Waals surface area contributed by atoms with Gasteiger partial charge in [-0.3, -0.25) is 10.1 Å². The predicted octanol–water partition coefficient (Wildman–Crippen LogP) is 3.29. The molecule has 19 heavy (non-hydrogen) atoms. The van der Waals surface area contributed by atoms with Gasteiger partial charge in [-0.15, -0.1) is 0 Å². The fourth-order valence-corrected chi connectivity index (χ4v) is 3.84. The van der Waals surface area contributed by atoms with Crippen molar-refractivity contribution in [3.05, 3.63) is 0 Å². The Bertz CT molecular complexity index is 323. The van der Waals surface area contributed by atoms with E-state index in [9.17, 15) is 4.79 Å². The van der Waals surface area contributed by atoms with Gasteiger partial charge in [0.05, 0.1) is 11.7 Å². The van der Waals surface area contributed by atoms with Crippen molar-refractivity contribution < 1.29 is 4.79 Å². The Morgan fingerprint density at radius 3 is 2.47 bits per heavy atom. The normalized spacial score (nSPS) is 29.2. The molecule has 1 aliphatic heterocycles. The SMILES string of the molecule is CCC(C)CC(C)N1C(=O)C2(CCCC2)NC1CC. The van der Waals surface area contributed by atoms with E-state index in [0.29, 0.717) is 17.9 Å². The molecule has 0 aromatic carbocycles. The minimum absolute atomic E-state index is 0.204. The fraction of sp³-hybridized carbons (Fsp3) is 0.938. The molecule has 0 radical (unpaired) electrons. The maximum Gasteiger partial charge on any atom is 0.244 e. The van der Waals surface area contributed by atoms with Crippen LogP contribution < -0.4 is 5.32 Å². The molecular weight excluding hydrogens is 236 g/mol. The van der Waals surface area contributed by atoms with Crippen molar-refractivity contribution in [3.8, 4) is 0 Å². The van der Waals surface area contributed by atoms with Crippen molar-refractivity contribution in [1.82, 2.24) is 10.2 Å². The van der Waals surface area contributed by atoms with E-state index >= 15 is 0 Å². The van der Waals surface area contributed by atoms with Gasteiger partial charge in [0.25, 0.3) is 0 Å². The molecule has 2 aliphatic rings. The van der Waals surface area contributed by atoms with Crippen LogP contribution >= 0.6 is 0 Å². The lowest BCUT2D eigenvalue weighted by molar-refractivity contribution is -0.135. The summed E-state index contributed by atoms with van der Waals surface area (Å²) in [5.74, 6) is 1.08. The summed E-state index contributed by atoms with van der Waals surface area (Å²) in [6.07, 6.45) is 8.05. The lowest BCUT2D eigenvalue weighted by Gasteiger charge is -2.31. The van der Waals surface area contributed by atoms with Crippen LogP contribution in [0.15, 0.2) is 0 Å². The monoisotopic (exact) mass is 266 g/mol. The second-order valence-corrected chi connectivity index (χ2v) is 6.67. The first-order valence-electron chi connectivity index (χ1n) is 8.14. The minimum Gasteiger partial charge on any atom is -0.323 e. The van der Waals surface area contributed by atoms with E-state index < -0.39 is 0 Å². The Hall–Kier alpha value is -0.570. The van der Waals surface area contributed by atoms with Crippen molar-refractivity contribution in [2.45, 2.75) is 90.4 Å². The topological polar surface area (TPSA) is 32.3 Å². The van der Waals surface area contributed by atoms with Gasteiger partial charge in [-0.05, 0) is 38.5 Å². The van der Waals surface area contributed by atoms with Crippen LogP contribution in [-0.4, -0.2) is 28.6 Å². The molecule has 1 spiro atoms. The first-order valence-corrected chi connectivity index (χ1v) is 8.14. The van der Waals surface area contributed by atoms with Gasteiger partial charge >= 0.3 is 0 Å². The molecule has 2 rings (SSSR count). The molecule has 1 heterocycles. The third kappa shape index (κ3) is 2.67. The Labute approximate surface area is 118 Å². The summed E-state index contributed by atoms with van der Waals surface area (Å²) >= 11 is 0. The highest BCUT2D eigenvalue weighted by atomic mass is 16.2. The van der Waals surface area contributed by atoms with E-state index in [1.807, 2.05) is 0 Å². The van der Waals surface area contributed by atoms with E-state index in [4.69, 9.17) is 0 Å². The molecule has 3 atom stereocenters. The van der Waals surface area contributed by atoms with Gasteiger partial charge in [-0.1, -0.05) is 40.0 Å². The third-order valence-corrected chi connectivity index (χ3v) is 5.18. The third-order valence-electron chi connectivity index (χ3n) is 5.18. The Morgan fingerprint density at radius 1 is 1.32 bits per heavy atom. The summed E-state index contributed by atoms with van der Waals surface area (Å²) in [5.41, 5.74) is -0.204. The van der Waals surface area contributed by atoms with Gasteiger partial charge < -0.3 is 4.90 Å². The van der Waals surface area contributed by atoms with Crippen LogP contribution in [-0.2, 0) is 4.79 Å². The molecule has 1 saturated carbocycles. The number of carbonyl (C=O) groups is 1. The Balaban J connectivity index is 2.11. The van der Waals surface area contributed by atoms with E-state index in [2.05, 4.69) is 37.9 Å². The molecule has 0 aromatic rings. The van der Waals surface area contributed by atoms with Crippen LogP contribution in [0.2, 0.25) is 0 Å². The molecule has 1 N–H and O–H groups in total. The first kappa shape index (κ1) is 14.8. The maximum absolute atomic E-state index is 12.9. The van der Waals surface area contributed by atoms with Crippen LogP contribution in [0.5, 0.6) is 0 Å². The number of hydrogen-bond acceptors (Lipinski definition) is 2. The summed E-state index contributed by atoms with van der Waals surface area (Å²) in [4.78, 5) is 15.0.